The largest absolute Gasteiger partial charge is 0.395 e. The minimum Gasteiger partial charge on any atom is -0.395 e. The number of aryl methyl sites for hydroxylation is 2. The molecule has 0 bridgehead atoms. The van der Waals surface area contributed by atoms with E-state index >= 15 is 0 Å². The van der Waals surface area contributed by atoms with Crippen molar-refractivity contribution >= 4 is 10.0 Å². The Labute approximate surface area is 102 Å². The first-order valence-corrected chi connectivity index (χ1v) is 7.26. The molecule has 0 saturated heterocycles. The van der Waals surface area contributed by atoms with E-state index in [0.717, 1.165) is 24.8 Å². The molecule has 0 aliphatic heterocycles. The van der Waals surface area contributed by atoms with Crippen LogP contribution in [-0.4, -0.2) is 26.2 Å². The first kappa shape index (κ1) is 12.5. The number of nitrogens with one attached hydrogen (secondary N) is 1. The highest BCUT2D eigenvalue weighted by atomic mass is 32.2. The summed E-state index contributed by atoms with van der Waals surface area (Å²) in [5, 5.41) is 8.87. The molecule has 0 spiro atoms. The van der Waals surface area contributed by atoms with Gasteiger partial charge in [-0.15, -0.1) is 0 Å². The Hall–Kier alpha value is -0.910. The smallest absolute Gasteiger partial charge is 0.240 e. The topological polar surface area (TPSA) is 66.4 Å². The molecule has 1 aromatic rings. The minimum absolute atomic E-state index is 0.204. The van der Waals surface area contributed by atoms with Crippen molar-refractivity contribution in [1.29, 1.82) is 0 Å². The fraction of sp³-hybridized carbons (Fsp3) is 0.500. The van der Waals surface area contributed by atoms with Crippen LogP contribution in [0.2, 0.25) is 0 Å². The summed E-state index contributed by atoms with van der Waals surface area (Å²) in [4.78, 5) is 0.290. The first-order valence-electron chi connectivity index (χ1n) is 5.78. The van der Waals surface area contributed by atoms with Gasteiger partial charge in [0.05, 0.1) is 11.5 Å². The number of aliphatic hydroxyl groups is 1. The Morgan fingerprint density at radius 1 is 1.35 bits per heavy atom. The fourth-order valence-electron chi connectivity index (χ4n) is 2.09. The second-order valence-electron chi connectivity index (χ2n) is 4.49. The molecular formula is C12H17NO3S. The normalized spacial score (nSPS) is 16.8. The maximum atomic E-state index is 12.0. The van der Waals surface area contributed by atoms with Gasteiger partial charge in [-0.2, -0.15) is 0 Å². The third-order valence-corrected chi connectivity index (χ3v) is 4.60. The maximum absolute atomic E-state index is 12.0. The minimum atomic E-state index is -3.50. The van der Waals surface area contributed by atoms with Crippen molar-refractivity contribution in [3.05, 3.63) is 29.3 Å². The van der Waals surface area contributed by atoms with Crippen LogP contribution in [0.3, 0.4) is 0 Å². The van der Waals surface area contributed by atoms with Gasteiger partial charge in [0.15, 0.2) is 0 Å². The van der Waals surface area contributed by atoms with Gasteiger partial charge in [-0.25, -0.2) is 13.1 Å². The molecule has 1 aliphatic carbocycles. The summed E-state index contributed by atoms with van der Waals surface area (Å²) >= 11 is 0. The molecule has 0 amide bonds. The summed E-state index contributed by atoms with van der Waals surface area (Å²) in [6.45, 7) is 1.43. The maximum Gasteiger partial charge on any atom is 0.240 e. The Bertz CT molecular complexity index is 510. The van der Waals surface area contributed by atoms with Crippen molar-refractivity contribution in [1.82, 2.24) is 4.72 Å². The van der Waals surface area contributed by atoms with Gasteiger partial charge >= 0.3 is 0 Å². The Morgan fingerprint density at radius 2 is 2.06 bits per heavy atom. The zero-order valence-electron chi connectivity index (χ0n) is 9.81. The van der Waals surface area contributed by atoms with Gasteiger partial charge in [-0.05, 0) is 49.4 Å². The van der Waals surface area contributed by atoms with Crippen LogP contribution in [0.15, 0.2) is 23.1 Å². The van der Waals surface area contributed by atoms with Crippen LogP contribution in [0.25, 0.3) is 0 Å². The lowest BCUT2D eigenvalue weighted by Crippen LogP contribution is -2.35. The molecule has 1 atom stereocenters. The van der Waals surface area contributed by atoms with E-state index in [2.05, 4.69) is 4.72 Å². The number of rotatable bonds is 4. The number of hydrogen-bond acceptors (Lipinski definition) is 3. The summed E-state index contributed by atoms with van der Waals surface area (Å²) in [6, 6.07) is 4.81. The van der Waals surface area contributed by atoms with Crippen LogP contribution in [0.4, 0.5) is 0 Å². The molecule has 2 rings (SSSR count). The van der Waals surface area contributed by atoms with E-state index in [0.29, 0.717) is 4.90 Å². The molecule has 1 aromatic carbocycles. The van der Waals surface area contributed by atoms with Crippen molar-refractivity contribution in [2.24, 2.45) is 0 Å². The summed E-state index contributed by atoms with van der Waals surface area (Å²) in [6.07, 6.45) is 3.09. The van der Waals surface area contributed by atoms with E-state index in [4.69, 9.17) is 5.11 Å². The predicted molar refractivity (Wildman–Crippen MR) is 65.3 cm³/mol. The van der Waals surface area contributed by atoms with Crippen LogP contribution in [-0.2, 0) is 22.9 Å². The summed E-state index contributed by atoms with van der Waals surface area (Å²) < 4.78 is 26.4. The van der Waals surface area contributed by atoms with Crippen molar-refractivity contribution in [2.75, 3.05) is 6.61 Å². The van der Waals surface area contributed by atoms with E-state index in [-0.39, 0.29) is 6.61 Å². The van der Waals surface area contributed by atoms with Gasteiger partial charge in [-0.1, -0.05) is 6.07 Å². The van der Waals surface area contributed by atoms with Crippen molar-refractivity contribution in [2.45, 2.75) is 37.1 Å². The third kappa shape index (κ3) is 2.68. The molecule has 0 radical (unpaired) electrons. The van der Waals surface area contributed by atoms with E-state index in [9.17, 15) is 8.42 Å². The molecular weight excluding hydrogens is 238 g/mol. The Morgan fingerprint density at radius 3 is 2.76 bits per heavy atom. The summed E-state index contributed by atoms with van der Waals surface area (Å²) in [7, 11) is -3.50. The summed E-state index contributed by atoms with van der Waals surface area (Å²) in [5.41, 5.74) is 2.38. The Balaban J connectivity index is 2.28. The quantitative estimate of drug-likeness (QED) is 0.837. The van der Waals surface area contributed by atoms with Gasteiger partial charge < -0.3 is 5.11 Å². The average Bonchev–Trinajstić information content (AvgIpc) is 2.75. The number of benzene rings is 1. The van der Waals surface area contributed by atoms with Gasteiger partial charge in [0.1, 0.15) is 0 Å². The van der Waals surface area contributed by atoms with Gasteiger partial charge in [0.25, 0.3) is 0 Å². The number of sulfonamides is 1. The highest BCUT2D eigenvalue weighted by molar-refractivity contribution is 7.89. The van der Waals surface area contributed by atoms with Crippen LogP contribution >= 0.6 is 0 Å². The average molecular weight is 255 g/mol. The van der Waals surface area contributed by atoms with Crippen molar-refractivity contribution in [3.63, 3.8) is 0 Å². The van der Waals surface area contributed by atoms with Gasteiger partial charge in [0.2, 0.25) is 10.0 Å². The SMILES string of the molecule is CC(CO)NS(=O)(=O)c1ccc2c(c1)CCC2. The van der Waals surface area contributed by atoms with E-state index in [1.54, 1.807) is 19.1 Å². The van der Waals surface area contributed by atoms with Crippen LogP contribution in [0.1, 0.15) is 24.5 Å². The first-order chi connectivity index (χ1) is 8.03. The standard InChI is InChI=1S/C12H17NO3S/c1-9(8-14)13-17(15,16)12-6-5-10-3-2-4-11(10)7-12/h5-7,9,13-14H,2-4,8H2,1H3. The molecule has 2 N–H and O–H groups in total. The third-order valence-electron chi connectivity index (χ3n) is 3.01. The van der Waals surface area contributed by atoms with E-state index < -0.39 is 16.1 Å². The molecule has 17 heavy (non-hydrogen) atoms. The monoisotopic (exact) mass is 255 g/mol. The molecule has 0 fully saturated rings. The molecule has 1 unspecified atom stereocenters. The summed E-state index contributed by atoms with van der Waals surface area (Å²) in [5.74, 6) is 0. The van der Waals surface area contributed by atoms with Gasteiger partial charge in [-0.3, -0.25) is 0 Å². The molecule has 94 valence electrons. The van der Waals surface area contributed by atoms with Crippen LogP contribution in [0, 0.1) is 0 Å². The molecule has 0 saturated carbocycles. The van der Waals surface area contributed by atoms with E-state index in [1.165, 1.54) is 5.56 Å². The fourth-order valence-corrected chi connectivity index (χ4v) is 3.37. The predicted octanol–water partition coefficient (Wildman–Crippen LogP) is 0.834. The zero-order chi connectivity index (χ0) is 12.5. The highest BCUT2D eigenvalue weighted by Crippen LogP contribution is 2.24. The lowest BCUT2D eigenvalue weighted by molar-refractivity contribution is 0.265. The zero-order valence-corrected chi connectivity index (χ0v) is 10.6. The molecule has 0 aromatic heterocycles. The van der Waals surface area contributed by atoms with Crippen molar-refractivity contribution < 1.29 is 13.5 Å². The molecule has 5 heteroatoms. The number of fused-ring (bicyclic) bond motifs is 1. The Kier molecular flexibility index (Phi) is 3.51. The number of aliphatic hydroxyl groups excluding tert-OH is 1. The second-order valence-corrected chi connectivity index (χ2v) is 6.20. The van der Waals surface area contributed by atoms with Crippen LogP contribution < -0.4 is 4.72 Å². The van der Waals surface area contributed by atoms with Crippen LogP contribution in [0.5, 0.6) is 0 Å². The lowest BCUT2D eigenvalue weighted by atomic mass is 10.1. The molecule has 0 heterocycles. The molecule has 4 nitrogen and oxygen atoms in total. The lowest BCUT2D eigenvalue weighted by Gasteiger charge is -2.12. The molecule has 1 aliphatic rings. The second kappa shape index (κ2) is 4.76. The van der Waals surface area contributed by atoms with Crippen molar-refractivity contribution in [3.8, 4) is 0 Å². The van der Waals surface area contributed by atoms with E-state index in [1.807, 2.05) is 6.07 Å². The number of hydrogen-bond donors (Lipinski definition) is 2. The van der Waals surface area contributed by atoms with Gasteiger partial charge in [0, 0.05) is 6.04 Å². The highest BCUT2D eigenvalue weighted by Gasteiger charge is 2.19.